The lowest BCUT2D eigenvalue weighted by Gasteiger charge is -2.12. The Morgan fingerprint density at radius 3 is 2.81 bits per heavy atom. The number of fused-ring (bicyclic) bond motifs is 7. The molecule has 6 aromatic rings. The maximum atomic E-state index is 5.71. The van der Waals surface area contributed by atoms with Crippen LogP contribution in [0.1, 0.15) is 36.6 Å². The van der Waals surface area contributed by atoms with Gasteiger partial charge in [0.15, 0.2) is 17.1 Å². The SMILES string of the molecule is CC[P+](=S)c1cccc(-c2ccnc(-n3c4ccccc4c4c5sc6c(c5ccc43)C=CCC6C)n2)c1. The van der Waals surface area contributed by atoms with Crippen LogP contribution >= 0.6 is 18.0 Å². The molecule has 0 aliphatic heterocycles. The van der Waals surface area contributed by atoms with Crippen molar-refractivity contribution < 1.29 is 0 Å². The third-order valence-corrected chi connectivity index (χ3v) is 11.6. The van der Waals surface area contributed by atoms with E-state index in [0.29, 0.717) is 11.9 Å². The van der Waals surface area contributed by atoms with E-state index < -0.39 is 6.70 Å². The molecule has 1 aliphatic carbocycles. The van der Waals surface area contributed by atoms with Crippen molar-refractivity contribution in [2.45, 2.75) is 26.2 Å². The Kier molecular flexibility index (Phi) is 5.54. The highest BCUT2D eigenvalue weighted by Gasteiger charge is 2.23. The van der Waals surface area contributed by atoms with Crippen molar-refractivity contribution in [3.05, 3.63) is 89.4 Å². The van der Waals surface area contributed by atoms with Crippen molar-refractivity contribution in [3.63, 3.8) is 0 Å². The lowest BCUT2D eigenvalue weighted by atomic mass is 9.94. The average molecular weight is 535 g/mol. The van der Waals surface area contributed by atoms with Crippen LogP contribution in [0.25, 0.3) is 55.2 Å². The molecule has 6 heteroatoms. The third-order valence-electron chi connectivity index (χ3n) is 7.34. The van der Waals surface area contributed by atoms with Gasteiger partial charge in [-0.15, -0.1) is 11.3 Å². The Labute approximate surface area is 225 Å². The number of hydrogen-bond donors (Lipinski definition) is 0. The Balaban J connectivity index is 1.48. The molecular weight excluding hydrogens is 509 g/mol. The highest BCUT2D eigenvalue weighted by Crippen LogP contribution is 2.46. The molecule has 3 nitrogen and oxygen atoms in total. The lowest BCUT2D eigenvalue weighted by Crippen LogP contribution is -2.03. The van der Waals surface area contributed by atoms with Crippen LogP contribution in [0, 0.1) is 0 Å². The Morgan fingerprint density at radius 1 is 1.03 bits per heavy atom. The van der Waals surface area contributed by atoms with Crippen molar-refractivity contribution in [1.82, 2.24) is 14.5 Å². The van der Waals surface area contributed by atoms with Crippen molar-refractivity contribution in [3.8, 4) is 17.2 Å². The second-order valence-corrected chi connectivity index (χ2v) is 13.9. The second kappa shape index (κ2) is 8.95. The highest BCUT2D eigenvalue weighted by atomic mass is 32.4. The van der Waals surface area contributed by atoms with E-state index in [4.69, 9.17) is 21.8 Å². The van der Waals surface area contributed by atoms with Crippen LogP contribution < -0.4 is 5.30 Å². The molecule has 0 radical (unpaired) electrons. The topological polar surface area (TPSA) is 30.7 Å². The van der Waals surface area contributed by atoms with Gasteiger partial charge in [-0.25, -0.2) is 9.97 Å². The van der Waals surface area contributed by atoms with Gasteiger partial charge < -0.3 is 0 Å². The van der Waals surface area contributed by atoms with E-state index in [1.807, 2.05) is 23.6 Å². The first kappa shape index (κ1) is 22.9. The monoisotopic (exact) mass is 534 g/mol. The Morgan fingerprint density at radius 2 is 1.92 bits per heavy atom. The summed E-state index contributed by atoms with van der Waals surface area (Å²) >= 11 is 7.67. The molecule has 0 fully saturated rings. The molecule has 0 N–H and O–H groups in total. The van der Waals surface area contributed by atoms with Crippen LogP contribution in [-0.4, -0.2) is 20.7 Å². The maximum Gasteiger partial charge on any atom is 0.235 e. The number of para-hydroxylation sites is 1. The zero-order valence-electron chi connectivity index (χ0n) is 20.7. The fourth-order valence-corrected chi connectivity index (χ4v) is 8.17. The van der Waals surface area contributed by atoms with E-state index in [1.165, 1.54) is 36.6 Å². The normalized spacial score (nSPS) is 15.5. The molecule has 2 atom stereocenters. The molecular formula is C31H25N3PS2+. The molecule has 0 saturated heterocycles. The van der Waals surface area contributed by atoms with Gasteiger partial charge in [0.05, 0.1) is 16.7 Å². The summed E-state index contributed by atoms with van der Waals surface area (Å²) in [4.78, 5) is 11.3. The van der Waals surface area contributed by atoms with E-state index in [-0.39, 0.29) is 0 Å². The van der Waals surface area contributed by atoms with Gasteiger partial charge in [0.1, 0.15) is 6.16 Å². The van der Waals surface area contributed by atoms with Gasteiger partial charge >= 0.3 is 0 Å². The van der Waals surface area contributed by atoms with Crippen LogP contribution in [0.4, 0.5) is 0 Å². The maximum absolute atomic E-state index is 5.71. The number of nitrogens with zero attached hydrogens (tertiary/aromatic N) is 3. The number of allylic oxidation sites excluding steroid dienone is 1. The van der Waals surface area contributed by atoms with Crippen LogP contribution in [-0.2, 0) is 11.8 Å². The van der Waals surface area contributed by atoms with E-state index >= 15 is 0 Å². The molecule has 37 heavy (non-hydrogen) atoms. The standard InChI is InChI=1S/C31H25N3PS2/c1-3-35(36)21-10-7-9-20(18-21)25-16-17-32-31(33-25)34-26-13-5-4-11-24(26)28-27(34)15-14-23-22-12-6-8-19(2)29(22)37-30(23)28/h4-7,9-19H,3,8H2,1-2H3/q+1. The van der Waals surface area contributed by atoms with E-state index in [2.05, 4.69) is 91.2 Å². The van der Waals surface area contributed by atoms with E-state index in [9.17, 15) is 0 Å². The fraction of sp³-hybridized carbons (Fsp3) is 0.161. The summed E-state index contributed by atoms with van der Waals surface area (Å²) in [5.74, 6) is 1.25. The molecule has 7 rings (SSSR count). The largest absolute Gasteiger partial charge is 0.278 e. The average Bonchev–Trinajstić information content (AvgIpc) is 3.49. The number of rotatable bonds is 4. The van der Waals surface area contributed by atoms with Gasteiger partial charge in [-0.1, -0.05) is 55.5 Å². The number of benzene rings is 3. The van der Waals surface area contributed by atoms with Crippen molar-refractivity contribution in [2.24, 2.45) is 0 Å². The minimum atomic E-state index is -0.560. The second-order valence-electron chi connectivity index (χ2n) is 9.59. The zero-order valence-corrected chi connectivity index (χ0v) is 23.2. The molecule has 3 aromatic carbocycles. The summed E-state index contributed by atoms with van der Waals surface area (Å²) in [6.45, 7) is 3.94. The van der Waals surface area contributed by atoms with Gasteiger partial charge in [-0.3, -0.25) is 4.57 Å². The molecule has 180 valence electrons. The first-order valence-corrected chi connectivity index (χ1v) is 16.0. The molecule has 0 amide bonds. The van der Waals surface area contributed by atoms with Crippen molar-refractivity contribution in [2.75, 3.05) is 6.16 Å². The lowest BCUT2D eigenvalue weighted by molar-refractivity contribution is 0.791. The number of hydrogen-bond acceptors (Lipinski definition) is 4. The van der Waals surface area contributed by atoms with Crippen LogP contribution in [0.3, 0.4) is 0 Å². The quantitative estimate of drug-likeness (QED) is 0.212. The van der Waals surface area contributed by atoms with Crippen LogP contribution in [0.15, 0.2) is 79.0 Å². The van der Waals surface area contributed by atoms with Gasteiger partial charge in [-0.05, 0) is 55.2 Å². The molecule has 0 saturated carbocycles. The minimum Gasteiger partial charge on any atom is -0.278 e. The molecule has 1 aliphatic rings. The summed E-state index contributed by atoms with van der Waals surface area (Å²) in [7, 11) is 0. The minimum absolute atomic E-state index is 0.556. The van der Waals surface area contributed by atoms with Crippen LogP contribution in [0.2, 0.25) is 0 Å². The van der Waals surface area contributed by atoms with Gasteiger partial charge in [0, 0.05) is 37.5 Å². The summed E-state index contributed by atoms with van der Waals surface area (Å²) in [6.07, 6.45) is 8.61. The zero-order chi connectivity index (χ0) is 25.1. The van der Waals surface area contributed by atoms with Crippen LogP contribution in [0.5, 0.6) is 0 Å². The predicted molar refractivity (Wildman–Crippen MR) is 164 cm³/mol. The molecule has 2 unspecified atom stereocenters. The molecule has 0 spiro atoms. The third kappa shape index (κ3) is 3.60. The van der Waals surface area contributed by atoms with E-state index in [1.54, 1.807) is 0 Å². The van der Waals surface area contributed by atoms with Crippen molar-refractivity contribution >= 4 is 73.1 Å². The number of thiophene rings is 1. The fourth-order valence-electron chi connectivity index (χ4n) is 5.51. The van der Waals surface area contributed by atoms with Gasteiger partial charge in [-0.2, -0.15) is 0 Å². The Hall–Kier alpha value is -3.24. The first-order chi connectivity index (χ1) is 18.1. The highest BCUT2D eigenvalue weighted by molar-refractivity contribution is 8.08. The van der Waals surface area contributed by atoms with Gasteiger partial charge in [0.25, 0.3) is 0 Å². The molecule has 3 aromatic heterocycles. The molecule has 3 heterocycles. The summed E-state index contributed by atoms with van der Waals surface area (Å²) in [5.41, 5.74) is 5.67. The molecule has 0 bridgehead atoms. The number of aromatic nitrogens is 3. The van der Waals surface area contributed by atoms with E-state index in [0.717, 1.165) is 34.9 Å². The summed E-state index contributed by atoms with van der Waals surface area (Å²) < 4.78 is 3.58. The summed E-state index contributed by atoms with van der Waals surface area (Å²) in [5, 5.41) is 5.12. The smallest absolute Gasteiger partial charge is 0.235 e. The Bertz CT molecular complexity index is 1900. The first-order valence-electron chi connectivity index (χ1n) is 12.7. The summed E-state index contributed by atoms with van der Waals surface area (Å²) in [6, 6.07) is 23.7. The van der Waals surface area contributed by atoms with Crippen molar-refractivity contribution in [1.29, 1.82) is 0 Å². The van der Waals surface area contributed by atoms with Gasteiger partial charge in [0.2, 0.25) is 12.6 Å². The predicted octanol–water partition coefficient (Wildman–Crippen LogP) is 8.56.